The molecule has 0 heterocycles. The average Bonchev–Trinajstić information content (AvgIpc) is 2.25. The van der Waals surface area contributed by atoms with E-state index >= 15 is 0 Å². The monoisotopic (exact) mass is 242 g/mol. The van der Waals surface area contributed by atoms with Crippen molar-refractivity contribution < 1.29 is 14.3 Å². The van der Waals surface area contributed by atoms with Crippen molar-refractivity contribution in [2.24, 2.45) is 11.7 Å². The zero-order valence-electron chi connectivity index (χ0n) is 10.9. The van der Waals surface area contributed by atoms with Gasteiger partial charge in [-0.3, -0.25) is 9.59 Å². The first kappa shape index (κ1) is 14.0. The Hall–Kier alpha value is -1.10. The molecule has 1 aliphatic rings. The van der Waals surface area contributed by atoms with Gasteiger partial charge in [0, 0.05) is 25.6 Å². The third-order valence-corrected chi connectivity index (χ3v) is 3.43. The van der Waals surface area contributed by atoms with Gasteiger partial charge in [-0.1, -0.05) is 6.92 Å². The fourth-order valence-electron chi connectivity index (χ4n) is 2.03. The Bertz CT molecular complexity index is 300. The predicted molar refractivity (Wildman–Crippen MR) is 64.2 cm³/mol. The zero-order valence-corrected chi connectivity index (χ0v) is 10.9. The molecule has 0 aromatic heterocycles. The van der Waals surface area contributed by atoms with E-state index in [9.17, 15) is 9.59 Å². The molecule has 5 heteroatoms. The summed E-state index contributed by atoms with van der Waals surface area (Å²) in [5.41, 5.74) is 5.71. The van der Waals surface area contributed by atoms with Crippen LogP contribution >= 0.6 is 0 Å². The number of hydrogen-bond donors (Lipinski definition) is 1. The normalized spacial score (nSPS) is 19.1. The lowest BCUT2D eigenvalue weighted by atomic mass is 9.75. The molecule has 0 bridgehead atoms. The highest BCUT2D eigenvalue weighted by Crippen LogP contribution is 2.32. The first-order chi connectivity index (χ1) is 7.88. The van der Waals surface area contributed by atoms with Gasteiger partial charge in [0.1, 0.15) is 0 Å². The number of methoxy groups -OCH3 is 1. The lowest BCUT2D eigenvalue weighted by Gasteiger charge is -2.38. The summed E-state index contributed by atoms with van der Waals surface area (Å²) >= 11 is 0. The molecule has 2 N–H and O–H groups in total. The van der Waals surface area contributed by atoms with Gasteiger partial charge in [0.15, 0.2) is 0 Å². The lowest BCUT2D eigenvalue weighted by Crippen LogP contribution is -2.50. The highest BCUT2D eigenvalue weighted by Gasteiger charge is 2.35. The van der Waals surface area contributed by atoms with Gasteiger partial charge < -0.3 is 15.4 Å². The summed E-state index contributed by atoms with van der Waals surface area (Å²) in [6, 6.07) is 0. The van der Waals surface area contributed by atoms with Crippen LogP contribution in [0.4, 0.5) is 0 Å². The van der Waals surface area contributed by atoms with Crippen LogP contribution in [0.3, 0.4) is 0 Å². The molecule has 98 valence electrons. The molecule has 0 aromatic carbocycles. The highest BCUT2D eigenvalue weighted by atomic mass is 16.5. The smallest absolute Gasteiger partial charge is 0.310 e. The van der Waals surface area contributed by atoms with E-state index in [1.807, 2.05) is 0 Å². The number of rotatable bonds is 5. The van der Waals surface area contributed by atoms with Crippen LogP contribution in [0.5, 0.6) is 0 Å². The van der Waals surface area contributed by atoms with Crippen molar-refractivity contribution in [1.82, 2.24) is 4.90 Å². The summed E-state index contributed by atoms with van der Waals surface area (Å²) in [4.78, 5) is 24.7. The van der Waals surface area contributed by atoms with Crippen LogP contribution in [-0.2, 0) is 14.3 Å². The van der Waals surface area contributed by atoms with Crippen LogP contribution in [0.15, 0.2) is 0 Å². The summed E-state index contributed by atoms with van der Waals surface area (Å²) in [5.74, 6) is -0.595. The maximum absolute atomic E-state index is 11.9. The number of esters is 1. The third-order valence-electron chi connectivity index (χ3n) is 3.43. The molecule has 0 radical (unpaired) electrons. The first-order valence-corrected chi connectivity index (χ1v) is 5.98. The molecule has 1 amide bonds. The van der Waals surface area contributed by atoms with Gasteiger partial charge in [0.2, 0.25) is 5.91 Å². The number of carbonyl (C=O) groups excluding carboxylic acids is 2. The summed E-state index contributed by atoms with van der Waals surface area (Å²) in [6.07, 6.45) is 3.31. The Kier molecular flexibility index (Phi) is 4.51. The largest absolute Gasteiger partial charge is 0.469 e. The SMILES string of the molecule is COC(=O)C(C)CN(C)C(=O)CC1(N)CCC1. The predicted octanol–water partition coefficient (Wildman–Crippen LogP) is 0.525. The molecule has 1 unspecified atom stereocenters. The minimum atomic E-state index is -0.306. The fraction of sp³-hybridized carbons (Fsp3) is 0.833. The van der Waals surface area contributed by atoms with Crippen LogP contribution in [0.1, 0.15) is 32.6 Å². The number of hydrogen-bond acceptors (Lipinski definition) is 4. The molecule has 5 nitrogen and oxygen atoms in total. The minimum Gasteiger partial charge on any atom is -0.469 e. The van der Waals surface area contributed by atoms with E-state index in [0.717, 1.165) is 19.3 Å². The number of nitrogens with zero attached hydrogens (tertiary/aromatic N) is 1. The second kappa shape index (κ2) is 5.49. The molecule has 1 rings (SSSR count). The van der Waals surface area contributed by atoms with Gasteiger partial charge in [0.25, 0.3) is 0 Å². The van der Waals surface area contributed by atoms with Gasteiger partial charge in [0.05, 0.1) is 13.0 Å². The van der Waals surface area contributed by atoms with Crippen LogP contribution < -0.4 is 5.73 Å². The van der Waals surface area contributed by atoms with E-state index in [0.29, 0.717) is 13.0 Å². The average molecular weight is 242 g/mol. The van der Waals surface area contributed by atoms with Crippen molar-refractivity contribution >= 4 is 11.9 Å². The van der Waals surface area contributed by atoms with E-state index in [2.05, 4.69) is 4.74 Å². The molecule has 0 saturated heterocycles. The Morgan fingerprint density at radius 2 is 2.06 bits per heavy atom. The topological polar surface area (TPSA) is 72.6 Å². The first-order valence-electron chi connectivity index (χ1n) is 5.98. The molecule has 1 atom stereocenters. The maximum Gasteiger partial charge on any atom is 0.310 e. The Balaban J connectivity index is 2.38. The van der Waals surface area contributed by atoms with Gasteiger partial charge in [-0.15, -0.1) is 0 Å². The highest BCUT2D eigenvalue weighted by molar-refractivity contribution is 5.78. The van der Waals surface area contributed by atoms with Crippen LogP contribution in [-0.4, -0.2) is 43.0 Å². The fourth-order valence-corrected chi connectivity index (χ4v) is 2.03. The third kappa shape index (κ3) is 3.70. The van der Waals surface area contributed by atoms with Crippen molar-refractivity contribution in [1.29, 1.82) is 0 Å². The van der Waals surface area contributed by atoms with Crippen LogP contribution in [0, 0.1) is 5.92 Å². The molecule has 0 aliphatic heterocycles. The molecule has 1 aliphatic carbocycles. The minimum absolute atomic E-state index is 0.00273. The van der Waals surface area contributed by atoms with Gasteiger partial charge in [-0.25, -0.2) is 0 Å². The molecule has 0 spiro atoms. The Morgan fingerprint density at radius 3 is 2.47 bits per heavy atom. The van der Waals surface area contributed by atoms with Gasteiger partial charge in [-0.2, -0.15) is 0 Å². The van der Waals surface area contributed by atoms with Crippen LogP contribution in [0.25, 0.3) is 0 Å². The summed E-state index contributed by atoms with van der Waals surface area (Å²) in [6.45, 7) is 2.12. The van der Waals surface area contributed by atoms with Crippen molar-refractivity contribution in [2.75, 3.05) is 20.7 Å². The van der Waals surface area contributed by atoms with E-state index in [4.69, 9.17) is 5.73 Å². The molecular weight excluding hydrogens is 220 g/mol. The Morgan fingerprint density at radius 1 is 1.47 bits per heavy atom. The lowest BCUT2D eigenvalue weighted by molar-refractivity contribution is -0.146. The summed E-state index contributed by atoms with van der Waals surface area (Å²) in [5, 5.41) is 0. The molecular formula is C12H22N2O3. The number of nitrogens with two attached hydrogens (primary N) is 1. The van der Waals surface area contributed by atoms with Crippen molar-refractivity contribution in [2.45, 2.75) is 38.1 Å². The van der Waals surface area contributed by atoms with Gasteiger partial charge in [-0.05, 0) is 19.3 Å². The summed E-state index contributed by atoms with van der Waals surface area (Å²) < 4.78 is 4.62. The standard InChI is InChI=1S/C12H22N2O3/c1-9(11(16)17-3)8-14(2)10(15)7-12(13)5-4-6-12/h9H,4-8,13H2,1-3H3. The zero-order chi connectivity index (χ0) is 13.1. The molecule has 0 aromatic rings. The summed E-state index contributed by atoms with van der Waals surface area (Å²) in [7, 11) is 3.05. The van der Waals surface area contributed by atoms with Gasteiger partial charge >= 0.3 is 5.97 Å². The number of carbonyl (C=O) groups is 2. The van der Waals surface area contributed by atoms with Crippen LogP contribution in [0.2, 0.25) is 0 Å². The number of ether oxygens (including phenoxy) is 1. The van der Waals surface area contributed by atoms with Crippen molar-refractivity contribution in [3.05, 3.63) is 0 Å². The van der Waals surface area contributed by atoms with E-state index in [1.54, 1.807) is 18.9 Å². The van der Waals surface area contributed by atoms with E-state index < -0.39 is 0 Å². The van der Waals surface area contributed by atoms with E-state index in [-0.39, 0.29) is 23.3 Å². The second-order valence-corrected chi connectivity index (χ2v) is 5.09. The van der Waals surface area contributed by atoms with E-state index in [1.165, 1.54) is 7.11 Å². The Labute approximate surface area is 102 Å². The van der Waals surface area contributed by atoms with Crippen molar-refractivity contribution in [3.63, 3.8) is 0 Å². The maximum atomic E-state index is 11.9. The molecule has 1 saturated carbocycles. The number of amides is 1. The quantitative estimate of drug-likeness (QED) is 0.714. The second-order valence-electron chi connectivity index (χ2n) is 5.09. The molecule has 1 fully saturated rings. The van der Waals surface area contributed by atoms with Crippen molar-refractivity contribution in [3.8, 4) is 0 Å². The molecule has 17 heavy (non-hydrogen) atoms.